The van der Waals surface area contributed by atoms with E-state index in [1.165, 1.54) is 30.0 Å². The van der Waals surface area contributed by atoms with Crippen molar-refractivity contribution in [2.24, 2.45) is 0 Å². The minimum absolute atomic E-state index is 0.0534. The number of methoxy groups -OCH3 is 1. The number of halogens is 2. The predicted molar refractivity (Wildman–Crippen MR) is 137 cm³/mol. The number of amides is 3. The van der Waals surface area contributed by atoms with Crippen LogP contribution in [0.15, 0.2) is 66.7 Å². The molecule has 3 N–H and O–H groups in total. The third kappa shape index (κ3) is 5.24. The molecule has 1 aromatic heterocycles. The zero-order chi connectivity index (χ0) is 25.1. The van der Waals surface area contributed by atoms with E-state index < -0.39 is 17.7 Å². The van der Waals surface area contributed by atoms with Crippen LogP contribution < -0.4 is 20.8 Å². The number of fused-ring (bicyclic) bond motifs is 1. The van der Waals surface area contributed by atoms with Gasteiger partial charge in [0, 0.05) is 26.8 Å². The van der Waals surface area contributed by atoms with Crippen LogP contribution in [0.2, 0.25) is 10.0 Å². The Kier molecular flexibility index (Phi) is 6.95. The molecular weight excluding hydrogens is 491 g/mol. The van der Waals surface area contributed by atoms with E-state index in [-0.39, 0.29) is 5.69 Å². The van der Waals surface area contributed by atoms with E-state index in [1.807, 2.05) is 19.1 Å². The maximum absolute atomic E-state index is 13.2. The molecule has 0 aliphatic rings. The van der Waals surface area contributed by atoms with Crippen LogP contribution in [0.3, 0.4) is 0 Å². The summed E-state index contributed by atoms with van der Waals surface area (Å²) in [6.45, 7) is 1.81. The molecule has 0 aliphatic heterocycles. The van der Waals surface area contributed by atoms with E-state index in [2.05, 4.69) is 16.1 Å². The normalized spacial score (nSPS) is 10.6. The molecule has 0 atom stereocenters. The Morgan fingerprint density at radius 2 is 1.57 bits per heavy atom. The highest BCUT2D eigenvalue weighted by Gasteiger charge is 2.23. The number of hydrogen-bond acceptors (Lipinski definition) is 4. The predicted octanol–water partition coefficient (Wildman–Crippen LogP) is 5.23. The number of benzene rings is 3. The fourth-order valence-corrected chi connectivity index (χ4v) is 4.07. The minimum atomic E-state index is -0.975. The quantitative estimate of drug-likeness (QED) is 0.320. The molecule has 10 heteroatoms. The van der Waals surface area contributed by atoms with Crippen molar-refractivity contribution in [3.05, 3.63) is 88.0 Å². The van der Waals surface area contributed by atoms with Gasteiger partial charge in [-0.25, -0.2) is 4.68 Å². The maximum Gasteiger partial charge on any atom is 0.328 e. The smallest absolute Gasteiger partial charge is 0.328 e. The van der Waals surface area contributed by atoms with Crippen LogP contribution in [0.4, 0.5) is 11.4 Å². The van der Waals surface area contributed by atoms with Gasteiger partial charge in [0.2, 0.25) is 0 Å². The van der Waals surface area contributed by atoms with Gasteiger partial charge in [0.15, 0.2) is 0 Å². The molecule has 0 radical (unpaired) electrons. The van der Waals surface area contributed by atoms with Gasteiger partial charge in [0.1, 0.15) is 17.0 Å². The Morgan fingerprint density at radius 3 is 2.26 bits per heavy atom. The van der Waals surface area contributed by atoms with Gasteiger partial charge in [0.05, 0.1) is 7.11 Å². The number of aryl methyl sites for hydroxylation is 1. The van der Waals surface area contributed by atoms with Crippen LogP contribution in [0, 0.1) is 6.92 Å². The number of rotatable bonds is 5. The summed E-state index contributed by atoms with van der Waals surface area (Å²) in [4.78, 5) is 38.7. The first-order valence-electron chi connectivity index (χ1n) is 10.4. The van der Waals surface area contributed by atoms with Crippen molar-refractivity contribution < 1.29 is 19.1 Å². The van der Waals surface area contributed by atoms with Crippen LogP contribution in [0.1, 0.15) is 16.1 Å². The van der Waals surface area contributed by atoms with E-state index >= 15 is 0 Å². The molecule has 0 saturated carbocycles. The number of ether oxygens (including phenoxy) is 1. The summed E-state index contributed by atoms with van der Waals surface area (Å²) in [6, 6.07) is 18.4. The molecule has 3 amide bonds. The van der Waals surface area contributed by atoms with Crippen molar-refractivity contribution in [1.29, 1.82) is 0 Å². The first-order valence-corrected chi connectivity index (χ1v) is 11.2. The molecule has 1 heterocycles. The van der Waals surface area contributed by atoms with Gasteiger partial charge >= 0.3 is 11.8 Å². The van der Waals surface area contributed by atoms with Gasteiger partial charge in [-0.15, -0.1) is 0 Å². The third-order valence-corrected chi connectivity index (χ3v) is 5.61. The second kappa shape index (κ2) is 10.1. The molecule has 8 nitrogen and oxygen atoms in total. The summed E-state index contributed by atoms with van der Waals surface area (Å²) in [5.74, 6) is -2.05. The van der Waals surface area contributed by atoms with Crippen LogP contribution >= 0.6 is 23.2 Å². The lowest BCUT2D eigenvalue weighted by atomic mass is 10.2. The van der Waals surface area contributed by atoms with Gasteiger partial charge in [-0.05, 0) is 48.9 Å². The summed E-state index contributed by atoms with van der Waals surface area (Å²) in [5, 5.41) is 6.58. The van der Waals surface area contributed by atoms with Crippen molar-refractivity contribution in [1.82, 2.24) is 4.68 Å². The van der Waals surface area contributed by atoms with Crippen molar-refractivity contribution in [3.63, 3.8) is 0 Å². The van der Waals surface area contributed by atoms with Gasteiger partial charge in [-0.3, -0.25) is 19.8 Å². The molecule has 178 valence electrons. The zero-order valence-electron chi connectivity index (χ0n) is 18.7. The molecule has 35 heavy (non-hydrogen) atoms. The van der Waals surface area contributed by atoms with Gasteiger partial charge in [-0.2, -0.15) is 0 Å². The lowest BCUT2D eigenvalue weighted by molar-refractivity contribution is -0.133. The number of nitrogens with one attached hydrogen (secondary N) is 3. The molecule has 4 aromatic rings. The fourth-order valence-electron chi connectivity index (χ4n) is 3.54. The monoisotopic (exact) mass is 510 g/mol. The Balaban J connectivity index is 1.69. The summed E-state index contributed by atoms with van der Waals surface area (Å²) in [5.41, 5.74) is 4.62. The molecule has 0 saturated heterocycles. The average molecular weight is 511 g/mol. The molecule has 0 aliphatic carbocycles. The SMILES string of the molecule is COc1cccc2cc(C(=O)Nc3cc(Cl)cc(Cl)c3)n(NC(=O)C(=O)Nc3ccccc3C)c12. The van der Waals surface area contributed by atoms with E-state index in [1.54, 1.807) is 36.4 Å². The molecular formula is C25H20Cl2N4O4. The first kappa shape index (κ1) is 24.1. The fraction of sp³-hybridized carbons (Fsp3) is 0.0800. The van der Waals surface area contributed by atoms with Crippen LogP contribution in [0.25, 0.3) is 10.9 Å². The zero-order valence-corrected chi connectivity index (χ0v) is 20.2. The molecule has 0 bridgehead atoms. The van der Waals surface area contributed by atoms with Crippen molar-refractivity contribution in [2.45, 2.75) is 6.92 Å². The highest BCUT2D eigenvalue weighted by Crippen LogP contribution is 2.29. The van der Waals surface area contributed by atoms with E-state index in [0.29, 0.717) is 38.1 Å². The third-order valence-electron chi connectivity index (χ3n) is 5.17. The standard InChI is InChI=1S/C25H20Cl2N4O4/c1-14-6-3-4-8-19(14)29-24(33)25(34)30-31-20(10-15-7-5-9-21(35-2)22(15)31)23(32)28-18-12-16(26)11-17(27)13-18/h3-13H,1-2H3,(H,28,32)(H,29,33)(H,30,34). The Hall–Kier alpha value is -4.01. The first-order chi connectivity index (χ1) is 16.8. The minimum Gasteiger partial charge on any atom is -0.494 e. The summed E-state index contributed by atoms with van der Waals surface area (Å²) >= 11 is 12.1. The average Bonchev–Trinajstić information content (AvgIpc) is 3.18. The number of aromatic nitrogens is 1. The molecule has 4 rings (SSSR count). The number of para-hydroxylation sites is 2. The Morgan fingerprint density at radius 1 is 0.857 bits per heavy atom. The maximum atomic E-state index is 13.2. The van der Waals surface area contributed by atoms with E-state index in [9.17, 15) is 14.4 Å². The number of carbonyl (C=O) groups excluding carboxylic acids is 3. The lowest BCUT2D eigenvalue weighted by Crippen LogP contribution is -2.36. The number of hydrogen-bond donors (Lipinski definition) is 3. The summed E-state index contributed by atoms with van der Waals surface area (Å²) < 4.78 is 6.64. The van der Waals surface area contributed by atoms with Crippen molar-refractivity contribution in [2.75, 3.05) is 23.2 Å². The number of anilines is 2. The molecule has 0 unspecified atom stereocenters. The lowest BCUT2D eigenvalue weighted by Gasteiger charge is -2.14. The molecule has 3 aromatic carbocycles. The van der Waals surface area contributed by atoms with Gasteiger partial charge in [-0.1, -0.05) is 53.5 Å². The van der Waals surface area contributed by atoms with Crippen LogP contribution in [-0.4, -0.2) is 29.5 Å². The Labute approximate surface area is 210 Å². The van der Waals surface area contributed by atoms with E-state index in [0.717, 1.165) is 5.56 Å². The van der Waals surface area contributed by atoms with Gasteiger partial charge in [0.25, 0.3) is 5.91 Å². The summed E-state index contributed by atoms with van der Waals surface area (Å²) in [7, 11) is 1.46. The summed E-state index contributed by atoms with van der Waals surface area (Å²) in [6.07, 6.45) is 0. The molecule has 0 spiro atoms. The largest absolute Gasteiger partial charge is 0.494 e. The molecule has 0 fully saturated rings. The highest BCUT2D eigenvalue weighted by atomic mass is 35.5. The van der Waals surface area contributed by atoms with Crippen molar-refractivity contribution >= 4 is 63.2 Å². The van der Waals surface area contributed by atoms with Gasteiger partial charge < -0.3 is 15.4 Å². The highest BCUT2D eigenvalue weighted by molar-refractivity contribution is 6.42. The number of carbonyl (C=O) groups is 3. The van der Waals surface area contributed by atoms with Crippen LogP contribution in [0.5, 0.6) is 5.75 Å². The Bertz CT molecular complexity index is 1450. The second-order valence-electron chi connectivity index (χ2n) is 7.59. The second-order valence-corrected chi connectivity index (χ2v) is 8.46. The van der Waals surface area contributed by atoms with Crippen molar-refractivity contribution in [3.8, 4) is 5.75 Å². The van der Waals surface area contributed by atoms with E-state index in [4.69, 9.17) is 27.9 Å². The number of nitrogens with zero attached hydrogens (tertiary/aromatic N) is 1. The van der Waals surface area contributed by atoms with Crippen LogP contribution in [-0.2, 0) is 9.59 Å². The topological polar surface area (TPSA) is 101 Å².